The van der Waals surface area contributed by atoms with Crippen molar-refractivity contribution in [3.05, 3.63) is 118 Å². The van der Waals surface area contributed by atoms with Crippen molar-refractivity contribution in [1.29, 1.82) is 0 Å². The van der Waals surface area contributed by atoms with Crippen LogP contribution in [0.1, 0.15) is 52.5 Å². The maximum Gasteiger partial charge on any atom is 0.264 e. The molecule has 1 aliphatic heterocycles. The van der Waals surface area contributed by atoms with Crippen molar-refractivity contribution in [1.82, 2.24) is 34.0 Å². The van der Waals surface area contributed by atoms with E-state index in [1.807, 2.05) is 61.5 Å². The predicted octanol–water partition coefficient (Wildman–Crippen LogP) is 3.65. The fourth-order valence-electron chi connectivity index (χ4n) is 5.60. The summed E-state index contributed by atoms with van der Waals surface area (Å²) in [6.07, 6.45) is 7.06. The quantitative estimate of drug-likeness (QED) is 0.321. The maximum absolute atomic E-state index is 14.3. The highest BCUT2D eigenvalue weighted by Gasteiger charge is 2.24. The lowest BCUT2D eigenvalue weighted by atomic mass is 10.0. The number of carbonyl (C=O) groups excluding carboxylic acids is 1. The summed E-state index contributed by atoms with van der Waals surface area (Å²) in [6.45, 7) is 2.73. The van der Waals surface area contributed by atoms with E-state index >= 15 is 0 Å². The Hall–Kier alpha value is -5.69. The van der Waals surface area contributed by atoms with E-state index in [0.29, 0.717) is 28.0 Å². The lowest BCUT2D eigenvalue weighted by molar-refractivity contribution is 0.0941. The van der Waals surface area contributed by atoms with Crippen molar-refractivity contribution in [2.75, 3.05) is 5.73 Å². The third-order valence-electron chi connectivity index (χ3n) is 7.58. The number of amides is 1. The maximum atomic E-state index is 14.3. The Morgan fingerprint density at radius 2 is 1.93 bits per heavy atom. The molecule has 4 aromatic heterocycles. The average Bonchev–Trinajstić information content (AvgIpc) is 3.70. The first kappa shape index (κ1) is 25.3. The van der Waals surface area contributed by atoms with E-state index in [1.54, 1.807) is 29.2 Å². The number of imidazole rings is 1. The van der Waals surface area contributed by atoms with Crippen LogP contribution in [-0.4, -0.2) is 34.6 Å². The molecule has 1 atom stereocenters. The van der Waals surface area contributed by atoms with Crippen molar-refractivity contribution < 1.29 is 4.79 Å². The first-order valence-corrected chi connectivity index (χ1v) is 13.7. The normalized spacial score (nSPS) is 13.1. The second-order valence-corrected chi connectivity index (χ2v) is 10.2. The van der Waals surface area contributed by atoms with Crippen LogP contribution in [0.15, 0.2) is 84.0 Å². The number of fused-ring (bicyclic) bond motifs is 3. The molecule has 1 amide bonds. The summed E-state index contributed by atoms with van der Waals surface area (Å²) in [5.41, 5.74) is 9.15. The number of aryl methyl sites for hydroxylation is 1. The summed E-state index contributed by atoms with van der Waals surface area (Å²) in [5.74, 6) is 7.16. The molecule has 0 fully saturated rings. The van der Waals surface area contributed by atoms with Crippen molar-refractivity contribution in [2.24, 2.45) is 0 Å². The standard InChI is InChI=1S/C32H26N8O2/c1-20(36-31(41)28-29(33)37-39-17-7-15-34-30(28)39)25-18-22-9-5-8-21(13-14-24-19-35-26-12-6-16-38(24)26)27(22)32(42)40(25)23-10-3-2-4-11-23/h2-5,7-11,15,17-20H,6,12,16H2,1H3,(H2,33,37)(H,36,41)/t20-/m0/s1. The number of pyridine rings is 1. The van der Waals surface area contributed by atoms with E-state index in [0.717, 1.165) is 36.3 Å². The molecule has 7 rings (SSSR count). The second kappa shape index (κ2) is 10.1. The van der Waals surface area contributed by atoms with E-state index in [9.17, 15) is 9.59 Å². The summed E-state index contributed by atoms with van der Waals surface area (Å²) < 4.78 is 5.23. The number of nitrogens with two attached hydrogens (primary N) is 1. The van der Waals surface area contributed by atoms with Crippen LogP contribution in [0.4, 0.5) is 5.82 Å². The van der Waals surface area contributed by atoms with Gasteiger partial charge in [-0.1, -0.05) is 36.3 Å². The minimum atomic E-state index is -0.572. The number of nitrogen functional groups attached to an aromatic ring is 1. The number of aromatic nitrogens is 6. The zero-order valence-corrected chi connectivity index (χ0v) is 22.8. The zero-order chi connectivity index (χ0) is 28.8. The van der Waals surface area contributed by atoms with Crippen molar-refractivity contribution >= 4 is 28.1 Å². The minimum absolute atomic E-state index is 0.0735. The Kier molecular flexibility index (Phi) is 6.05. The molecule has 6 aromatic rings. The number of nitrogens with zero attached hydrogens (tertiary/aromatic N) is 6. The number of hydrogen-bond acceptors (Lipinski definition) is 6. The van der Waals surface area contributed by atoms with Crippen LogP contribution < -0.4 is 16.6 Å². The van der Waals surface area contributed by atoms with Crippen LogP contribution in [0.3, 0.4) is 0 Å². The van der Waals surface area contributed by atoms with Gasteiger partial charge in [-0.15, -0.1) is 5.10 Å². The van der Waals surface area contributed by atoms with Crippen molar-refractivity contribution in [2.45, 2.75) is 32.4 Å². The van der Waals surface area contributed by atoms with Gasteiger partial charge in [0.15, 0.2) is 11.5 Å². The topological polar surface area (TPSA) is 125 Å². The smallest absolute Gasteiger partial charge is 0.264 e. The first-order chi connectivity index (χ1) is 20.5. The molecule has 10 nitrogen and oxygen atoms in total. The third kappa shape index (κ3) is 4.19. The van der Waals surface area contributed by atoms with Gasteiger partial charge in [-0.2, -0.15) is 0 Å². The molecule has 0 aliphatic carbocycles. The van der Waals surface area contributed by atoms with E-state index < -0.39 is 11.9 Å². The van der Waals surface area contributed by atoms with E-state index in [4.69, 9.17) is 5.73 Å². The number of hydrogen-bond donors (Lipinski definition) is 2. The molecular weight excluding hydrogens is 528 g/mol. The molecule has 42 heavy (non-hydrogen) atoms. The molecule has 2 aromatic carbocycles. The SMILES string of the molecule is C[C@H](NC(=O)c1c(N)nn2cccnc12)c1cc2cccc(C#Cc3cnc4n3CCC4)c2c(=O)n1-c1ccccc1. The molecule has 0 saturated carbocycles. The Morgan fingerprint density at radius 3 is 2.79 bits per heavy atom. The third-order valence-corrected chi connectivity index (χ3v) is 7.58. The van der Waals surface area contributed by atoms with Gasteiger partial charge in [0.1, 0.15) is 17.1 Å². The molecule has 0 spiro atoms. The Bertz CT molecular complexity index is 2130. The van der Waals surface area contributed by atoms with Gasteiger partial charge in [-0.25, -0.2) is 14.5 Å². The van der Waals surface area contributed by atoms with Gasteiger partial charge in [0.2, 0.25) is 0 Å². The molecule has 0 unspecified atom stereocenters. The molecule has 1 aliphatic rings. The lowest BCUT2D eigenvalue weighted by Crippen LogP contribution is -2.32. The van der Waals surface area contributed by atoms with Crippen molar-refractivity contribution in [3.63, 3.8) is 0 Å². The number of anilines is 1. The summed E-state index contributed by atoms with van der Waals surface area (Å²) in [4.78, 5) is 36.5. The van der Waals surface area contributed by atoms with Crippen LogP contribution in [0.5, 0.6) is 0 Å². The van der Waals surface area contributed by atoms with Gasteiger partial charge in [0.05, 0.1) is 17.6 Å². The molecule has 10 heteroatoms. The molecule has 5 heterocycles. The van der Waals surface area contributed by atoms with Gasteiger partial charge in [-0.05, 0) is 55.0 Å². The number of benzene rings is 2. The highest BCUT2D eigenvalue weighted by Crippen LogP contribution is 2.25. The van der Waals surface area contributed by atoms with Gasteiger partial charge in [-0.3, -0.25) is 14.2 Å². The number of carbonyl (C=O) groups is 1. The Labute approximate surface area is 240 Å². The Balaban J connectivity index is 1.34. The second-order valence-electron chi connectivity index (χ2n) is 10.2. The predicted molar refractivity (Wildman–Crippen MR) is 159 cm³/mol. The largest absolute Gasteiger partial charge is 0.381 e. The van der Waals surface area contributed by atoms with Gasteiger partial charge in [0, 0.05) is 42.3 Å². The summed E-state index contributed by atoms with van der Waals surface area (Å²) >= 11 is 0. The van der Waals surface area contributed by atoms with Crippen molar-refractivity contribution in [3.8, 4) is 17.5 Å². The summed E-state index contributed by atoms with van der Waals surface area (Å²) in [5, 5.41) is 8.44. The van der Waals surface area contributed by atoms with Crippen LogP contribution in [0.2, 0.25) is 0 Å². The summed E-state index contributed by atoms with van der Waals surface area (Å²) in [6, 6.07) is 18.1. The molecular formula is C32H26N8O2. The van der Waals surface area contributed by atoms with E-state index in [-0.39, 0.29) is 16.9 Å². The lowest BCUT2D eigenvalue weighted by Gasteiger charge is -2.21. The van der Waals surface area contributed by atoms with Gasteiger partial charge in [0.25, 0.3) is 11.5 Å². The summed E-state index contributed by atoms with van der Waals surface area (Å²) in [7, 11) is 0. The van der Waals surface area contributed by atoms with Gasteiger partial charge >= 0.3 is 0 Å². The molecule has 0 radical (unpaired) electrons. The van der Waals surface area contributed by atoms with Crippen LogP contribution in [-0.2, 0) is 13.0 Å². The minimum Gasteiger partial charge on any atom is -0.381 e. The van der Waals surface area contributed by atoms with Crippen LogP contribution >= 0.6 is 0 Å². The molecule has 3 N–H and O–H groups in total. The molecule has 206 valence electrons. The van der Waals surface area contributed by atoms with Crippen LogP contribution in [0, 0.1) is 11.8 Å². The average molecular weight is 555 g/mol. The van der Waals surface area contributed by atoms with E-state index in [2.05, 4.69) is 36.8 Å². The molecule has 0 bridgehead atoms. The highest BCUT2D eigenvalue weighted by molar-refractivity contribution is 6.04. The number of rotatable bonds is 4. The zero-order valence-electron chi connectivity index (χ0n) is 22.8. The monoisotopic (exact) mass is 554 g/mol. The van der Waals surface area contributed by atoms with Gasteiger partial charge < -0.3 is 15.6 Å². The van der Waals surface area contributed by atoms with Crippen LogP contribution in [0.25, 0.3) is 22.1 Å². The first-order valence-electron chi connectivity index (χ1n) is 13.7. The number of para-hydroxylation sites is 1. The Morgan fingerprint density at radius 1 is 1.07 bits per heavy atom. The van der Waals surface area contributed by atoms with E-state index in [1.165, 1.54) is 4.52 Å². The fraction of sp³-hybridized carbons (Fsp3) is 0.156. The fourth-order valence-corrected chi connectivity index (χ4v) is 5.60. The molecule has 0 saturated heterocycles. The number of nitrogens with one attached hydrogen (secondary N) is 1. The highest BCUT2D eigenvalue weighted by atomic mass is 16.2.